The first-order chi connectivity index (χ1) is 8.58. The molecule has 0 bridgehead atoms. The molecule has 0 aliphatic rings. The number of thioether (sulfide) groups is 1. The van der Waals surface area contributed by atoms with Crippen LogP contribution in [-0.2, 0) is 0 Å². The van der Waals surface area contributed by atoms with Crippen molar-refractivity contribution in [1.82, 2.24) is 4.90 Å². The van der Waals surface area contributed by atoms with Crippen LogP contribution in [-0.4, -0.2) is 54.9 Å². The largest absolute Gasteiger partial charge is 0.491 e. The van der Waals surface area contributed by atoms with Gasteiger partial charge < -0.3 is 20.5 Å². The molecule has 1 atom stereocenters. The van der Waals surface area contributed by atoms with Gasteiger partial charge in [0.15, 0.2) is 0 Å². The van der Waals surface area contributed by atoms with E-state index >= 15 is 0 Å². The minimum Gasteiger partial charge on any atom is -0.491 e. The smallest absolute Gasteiger partial charge is 0.121 e. The maximum Gasteiger partial charge on any atom is 0.121 e. The highest BCUT2D eigenvalue weighted by Gasteiger charge is 2.05. The maximum absolute atomic E-state index is 9.75. The SMILES string of the molecule is CN(C)CCSCC(O)COc1cccc(N)c1. The predicted octanol–water partition coefficient (Wildman–Crippen LogP) is 1.30. The molecule has 4 nitrogen and oxygen atoms in total. The van der Waals surface area contributed by atoms with Crippen LogP contribution >= 0.6 is 11.8 Å². The van der Waals surface area contributed by atoms with Crippen molar-refractivity contribution in [2.75, 3.05) is 44.5 Å². The van der Waals surface area contributed by atoms with Crippen molar-refractivity contribution in [3.63, 3.8) is 0 Å². The van der Waals surface area contributed by atoms with Crippen LogP contribution in [0.15, 0.2) is 24.3 Å². The third kappa shape index (κ3) is 6.74. The summed E-state index contributed by atoms with van der Waals surface area (Å²) in [5.74, 6) is 2.41. The second-order valence-corrected chi connectivity index (χ2v) is 5.57. The molecule has 0 aliphatic heterocycles. The molecule has 0 fully saturated rings. The predicted molar refractivity (Wildman–Crippen MR) is 78.2 cm³/mol. The number of nitrogens with zero attached hydrogens (tertiary/aromatic N) is 1. The van der Waals surface area contributed by atoms with Crippen molar-refractivity contribution in [3.8, 4) is 5.75 Å². The van der Waals surface area contributed by atoms with E-state index in [0.717, 1.165) is 12.3 Å². The summed E-state index contributed by atoms with van der Waals surface area (Å²) in [6.45, 7) is 1.33. The van der Waals surface area contributed by atoms with E-state index in [2.05, 4.69) is 4.90 Å². The Morgan fingerprint density at radius 1 is 1.44 bits per heavy atom. The minimum atomic E-state index is -0.446. The number of hydrogen-bond acceptors (Lipinski definition) is 5. The van der Waals surface area contributed by atoms with Gasteiger partial charge in [-0.1, -0.05) is 6.07 Å². The Kier molecular flexibility index (Phi) is 6.93. The summed E-state index contributed by atoms with van der Waals surface area (Å²) in [7, 11) is 4.08. The zero-order chi connectivity index (χ0) is 13.4. The number of ether oxygens (including phenoxy) is 1. The average Bonchev–Trinajstić information content (AvgIpc) is 2.32. The standard InChI is InChI=1S/C13H22N2O2S/c1-15(2)6-7-18-10-12(16)9-17-13-5-3-4-11(14)8-13/h3-5,8,12,16H,6-7,9-10,14H2,1-2H3. The molecule has 102 valence electrons. The minimum absolute atomic E-state index is 0.304. The van der Waals surface area contributed by atoms with Crippen LogP contribution in [0.2, 0.25) is 0 Å². The fourth-order valence-electron chi connectivity index (χ4n) is 1.31. The van der Waals surface area contributed by atoms with E-state index in [4.69, 9.17) is 10.5 Å². The fraction of sp³-hybridized carbons (Fsp3) is 0.538. The van der Waals surface area contributed by atoms with Crippen LogP contribution in [0.3, 0.4) is 0 Å². The van der Waals surface area contributed by atoms with Crippen LogP contribution in [0.1, 0.15) is 0 Å². The topological polar surface area (TPSA) is 58.7 Å². The lowest BCUT2D eigenvalue weighted by Crippen LogP contribution is -2.21. The Morgan fingerprint density at radius 3 is 2.89 bits per heavy atom. The van der Waals surface area contributed by atoms with E-state index in [0.29, 0.717) is 23.8 Å². The summed E-state index contributed by atoms with van der Waals surface area (Å²) in [6.07, 6.45) is -0.446. The van der Waals surface area contributed by atoms with Crippen LogP contribution in [0.5, 0.6) is 5.75 Å². The van der Waals surface area contributed by atoms with E-state index in [9.17, 15) is 5.11 Å². The molecule has 1 aromatic rings. The van der Waals surface area contributed by atoms with Gasteiger partial charge in [0.2, 0.25) is 0 Å². The molecule has 1 unspecified atom stereocenters. The zero-order valence-corrected chi connectivity index (χ0v) is 11.8. The second kappa shape index (κ2) is 8.24. The Balaban J connectivity index is 2.15. The molecule has 0 aromatic heterocycles. The first-order valence-electron chi connectivity index (χ1n) is 5.97. The van der Waals surface area contributed by atoms with E-state index in [1.54, 1.807) is 23.9 Å². The molecule has 0 saturated carbocycles. The van der Waals surface area contributed by atoms with Gasteiger partial charge in [0.05, 0.1) is 6.10 Å². The van der Waals surface area contributed by atoms with Gasteiger partial charge in [-0.15, -0.1) is 0 Å². The molecule has 5 heteroatoms. The Hall–Kier alpha value is -0.910. The lowest BCUT2D eigenvalue weighted by atomic mass is 10.3. The molecule has 1 rings (SSSR count). The van der Waals surface area contributed by atoms with Crippen LogP contribution in [0, 0.1) is 0 Å². The number of nitrogens with two attached hydrogens (primary N) is 1. The first-order valence-corrected chi connectivity index (χ1v) is 7.12. The highest BCUT2D eigenvalue weighted by molar-refractivity contribution is 7.99. The van der Waals surface area contributed by atoms with Crippen molar-refractivity contribution in [2.45, 2.75) is 6.10 Å². The van der Waals surface area contributed by atoms with Gasteiger partial charge in [-0.25, -0.2) is 0 Å². The number of aliphatic hydroxyl groups excluding tert-OH is 1. The van der Waals surface area contributed by atoms with Gasteiger partial charge in [0, 0.05) is 29.8 Å². The normalized spacial score (nSPS) is 12.7. The van der Waals surface area contributed by atoms with Crippen LogP contribution in [0.4, 0.5) is 5.69 Å². The van der Waals surface area contributed by atoms with E-state index < -0.39 is 6.10 Å². The summed E-state index contributed by atoms with van der Waals surface area (Å²) < 4.78 is 5.47. The van der Waals surface area contributed by atoms with Crippen molar-refractivity contribution in [3.05, 3.63) is 24.3 Å². The lowest BCUT2D eigenvalue weighted by Gasteiger charge is -2.13. The highest BCUT2D eigenvalue weighted by atomic mass is 32.2. The quantitative estimate of drug-likeness (QED) is 0.551. The third-order valence-electron chi connectivity index (χ3n) is 2.29. The maximum atomic E-state index is 9.75. The molecule has 0 aliphatic carbocycles. The lowest BCUT2D eigenvalue weighted by molar-refractivity contribution is 0.126. The molecule has 0 radical (unpaired) electrons. The van der Waals surface area contributed by atoms with E-state index in [1.807, 2.05) is 26.2 Å². The Morgan fingerprint density at radius 2 is 2.22 bits per heavy atom. The zero-order valence-electron chi connectivity index (χ0n) is 11.0. The molecular weight excluding hydrogens is 248 g/mol. The fourth-order valence-corrected chi connectivity index (χ4v) is 2.34. The summed E-state index contributed by atoms with van der Waals surface area (Å²) in [6, 6.07) is 7.23. The van der Waals surface area contributed by atoms with Crippen LogP contribution < -0.4 is 10.5 Å². The number of benzene rings is 1. The number of rotatable bonds is 8. The van der Waals surface area contributed by atoms with Gasteiger partial charge in [-0.3, -0.25) is 0 Å². The molecule has 0 amide bonds. The third-order valence-corrected chi connectivity index (χ3v) is 3.39. The molecule has 0 saturated heterocycles. The number of hydrogen-bond donors (Lipinski definition) is 2. The molecule has 3 N–H and O–H groups in total. The summed E-state index contributed by atoms with van der Waals surface area (Å²) >= 11 is 1.73. The number of nitrogen functional groups attached to an aromatic ring is 1. The number of anilines is 1. The van der Waals surface area contributed by atoms with Gasteiger partial charge >= 0.3 is 0 Å². The Bertz CT molecular complexity index is 348. The first kappa shape index (κ1) is 15.1. The van der Waals surface area contributed by atoms with Crippen LogP contribution in [0.25, 0.3) is 0 Å². The van der Waals surface area contributed by atoms with Crippen molar-refractivity contribution in [1.29, 1.82) is 0 Å². The van der Waals surface area contributed by atoms with Gasteiger partial charge in [0.1, 0.15) is 12.4 Å². The highest BCUT2D eigenvalue weighted by Crippen LogP contribution is 2.15. The second-order valence-electron chi connectivity index (χ2n) is 4.42. The van der Waals surface area contributed by atoms with Crippen molar-refractivity contribution in [2.24, 2.45) is 0 Å². The summed E-state index contributed by atoms with van der Waals surface area (Å²) in [5, 5.41) is 9.75. The molecular formula is C13H22N2O2S. The van der Waals surface area contributed by atoms with Gasteiger partial charge in [0.25, 0.3) is 0 Å². The monoisotopic (exact) mass is 270 g/mol. The molecule has 1 aromatic carbocycles. The molecule has 0 spiro atoms. The van der Waals surface area contributed by atoms with Gasteiger partial charge in [-0.05, 0) is 26.2 Å². The van der Waals surface area contributed by atoms with E-state index in [1.165, 1.54) is 0 Å². The average molecular weight is 270 g/mol. The molecule has 18 heavy (non-hydrogen) atoms. The number of aliphatic hydroxyl groups is 1. The molecule has 0 heterocycles. The summed E-state index contributed by atoms with van der Waals surface area (Å²) in [5.41, 5.74) is 6.31. The Labute approximate surface area is 113 Å². The van der Waals surface area contributed by atoms with E-state index in [-0.39, 0.29) is 0 Å². The summed E-state index contributed by atoms with van der Waals surface area (Å²) in [4.78, 5) is 2.13. The van der Waals surface area contributed by atoms with Crippen molar-refractivity contribution < 1.29 is 9.84 Å². The van der Waals surface area contributed by atoms with Crippen molar-refractivity contribution >= 4 is 17.4 Å². The van der Waals surface area contributed by atoms with Gasteiger partial charge in [-0.2, -0.15) is 11.8 Å².